The number of benzene rings is 2. The second-order valence-electron chi connectivity index (χ2n) is 4.69. The van der Waals surface area contributed by atoms with Crippen LogP contribution in [0.1, 0.15) is 18.9 Å². The highest BCUT2D eigenvalue weighted by Crippen LogP contribution is 2.34. The third-order valence-corrected chi connectivity index (χ3v) is 3.50. The van der Waals surface area contributed by atoms with Crippen molar-refractivity contribution in [1.82, 2.24) is 5.32 Å². The summed E-state index contributed by atoms with van der Waals surface area (Å²) in [5, 5.41) is 4.13. The molecular formula is C17H20ClNO. The Morgan fingerprint density at radius 2 is 1.90 bits per heavy atom. The van der Waals surface area contributed by atoms with Gasteiger partial charge in [-0.15, -0.1) is 0 Å². The molecule has 0 saturated heterocycles. The second-order valence-corrected chi connectivity index (χ2v) is 5.10. The lowest BCUT2D eigenvalue weighted by Gasteiger charge is -2.11. The quantitative estimate of drug-likeness (QED) is 0.790. The van der Waals surface area contributed by atoms with Crippen molar-refractivity contribution in [2.75, 3.05) is 13.7 Å². The average Bonchev–Trinajstić information content (AvgIpc) is 2.48. The Labute approximate surface area is 125 Å². The molecule has 2 nitrogen and oxygen atoms in total. The van der Waals surface area contributed by atoms with E-state index in [1.807, 2.05) is 30.3 Å². The molecule has 1 N–H and O–H groups in total. The Morgan fingerprint density at radius 1 is 1.10 bits per heavy atom. The molecule has 0 atom stereocenters. The Bertz CT molecular complexity index is 569. The van der Waals surface area contributed by atoms with Crippen LogP contribution in [0.3, 0.4) is 0 Å². The highest BCUT2D eigenvalue weighted by molar-refractivity contribution is 6.33. The number of methoxy groups -OCH3 is 1. The van der Waals surface area contributed by atoms with E-state index in [0.717, 1.165) is 41.4 Å². The van der Waals surface area contributed by atoms with E-state index in [9.17, 15) is 0 Å². The fourth-order valence-corrected chi connectivity index (χ4v) is 2.47. The summed E-state index contributed by atoms with van der Waals surface area (Å²) in [4.78, 5) is 0. The van der Waals surface area contributed by atoms with Crippen LogP contribution in [0, 0.1) is 0 Å². The predicted octanol–water partition coefficient (Wildman–Crippen LogP) is 4.52. The van der Waals surface area contributed by atoms with E-state index in [-0.39, 0.29) is 0 Å². The lowest BCUT2D eigenvalue weighted by molar-refractivity contribution is 0.416. The first-order valence-corrected chi connectivity index (χ1v) is 7.26. The van der Waals surface area contributed by atoms with E-state index in [4.69, 9.17) is 16.3 Å². The summed E-state index contributed by atoms with van der Waals surface area (Å²) in [6.07, 6.45) is 1.13. The normalized spacial score (nSPS) is 10.6. The minimum Gasteiger partial charge on any atom is -0.496 e. The van der Waals surface area contributed by atoms with Gasteiger partial charge < -0.3 is 10.1 Å². The van der Waals surface area contributed by atoms with Crippen molar-refractivity contribution in [2.24, 2.45) is 0 Å². The minimum absolute atomic E-state index is 0.755. The zero-order chi connectivity index (χ0) is 14.4. The van der Waals surface area contributed by atoms with Gasteiger partial charge in [-0.1, -0.05) is 48.9 Å². The molecule has 0 radical (unpaired) electrons. The first kappa shape index (κ1) is 14.9. The van der Waals surface area contributed by atoms with E-state index in [1.165, 1.54) is 5.56 Å². The molecule has 0 aliphatic heterocycles. The Balaban J connectivity index is 2.25. The number of ether oxygens (including phenoxy) is 1. The molecule has 20 heavy (non-hydrogen) atoms. The SMILES string of the molecule is CCCNCc1ccc(-c2ccccc2OC)c(Cl)c1. The zero-order valence-corrected chi connectivity index (χ0v) is 12.7. The van der Waals surface area contributed by atoms with Crippen LogP contribution >= 0.6 is 11.6 Å². The smallest absolute Gasteiger partial charge is 0.126 e. The topological polar surface area (TPSA) is 21.3 Å². The minimum atomic E-state index is 0.755. The molecule has 0 unspecified atom stereocenters. The molecule has 2 rings (SSSR count). The Morgan fingerprint density at radius 3 is 2.60 bits per heavy atom. The van der Waals surface area contributed by atoms with Crippen LogP contribution in [0.25, 0.3) is 11.1 Å². The van der Waals surface area contributed by atoms with Gasteiger partial charge in [-0.3, -0.25) is 0 Å². The predicted molar refractivity (Wildman–Crippen MR) is 85.4 cm³/mol. The van der Waals surface area contributed by atoms with E-state index in [1.54, 1.807) is 7.11 Å². The van der Waals surface area contributed by atoms with Gasteiger partial charge in [0.25, 0.3) is 0 Å². The molecule has 0 aliphatic carbocycles. The van der Waals surface area contributed by atoms with Crippen molar-refractivity contribution in [2.45, 2.75) is 19.9 Å². The summed E-state index contributed by atoms with van der Waals surface area (Å²) in [7, 11) is 1.68. The molecule has 0 saturated carbocycles. The van der Waals surface area contributed by atoms with Crippen LogP contribution in [0.2, 0.25) is 5.02 Å². The first-order chi connectivity index (χ1) is 9.76. The molecule has 0 fully saturated rings. The van der Waals surface area contributed by atoms with Crippen LogP contribution in [0.4, 0.5) is 0 Å². The maximum atomic E-state index is 6.42. The second kappa shape index (κ2) is 7.32. The summed E-state index contributed by atoms with van der Waals surface area (Å²) in [5.74, 6) is 0.839. The lowest BCUT2D eigenvalue weighted by Crippen LogP contribution is -2.13. The van der Waals surface area contributed by atoms with Crippen molar-refractivity contribution in [3.05, 3.63) is 53.1 Å². The van der Waals surface area contributed by atoms with Gasteiger partial charge in [0.2, 0.25) is 0 Å². The summed E-state index contributed by atoms with van der Waals surface area (Å²) in [6, 6.07) is 14.1. The molecule has 0 heterocycles. The Hall–Kier alpha value is -1.51. The van der Waals surface area contributed by atoms with Crippen LogP contribution in [-0.2, 0) is 6.54 Å². The number of nitrogens with one attached hydrogen (secondary N) is 1. The summed E-state index contributed by atoms with van der Waals surface area (Å²) >= 11 is 6.42. The van der Waals surface area contributed by atoms with Crippen molar-refractivity contribution >= 4 is 11.6 Å². The third kappa shape index (κ3) is 3.53. The van der Waals surface area contributed by atoms with Gasteiger partial charge in [0, 0.05) is 22.7 Å². The van der Waals surface area contributed by atoms with Crippen LogP contribution in [0.5, 0.6) is 5.75 Å². The van der Waals surface area contributed by atoms with Crippen molar-refractivity contribution in [3.63, 3.8) is 0 Å². The standard InChI is InChI=1S/C17H20ClNO/c1-3-10-19-12-13-8-9-14(16(18)11-13)15-6-4-5-7-17(15)20-2/h4-9,11,19H,3,10,12H2,1-2H3. The monoisotopic (exact) mass is 289 g/mol. The molecule has 0 bridgehead atoms. The fourth-order valence-electron chi connectivity index (χ4n) is 2.16. The highest BCUT2D eigenvalue weighted by atomic mass is 35.5. The van der Waals surface area contributed by atoms with Gasteiger partial charge in [0.15, 0.2) is 0 Å². The number of halogens is 1. The third-order valence-electron chi connectivity index (χ3n) is 3.19. The highest BCUT2D eigenvalue weighted by Gasteiger charge is 2.09. The van der Waals surface area contributed by atoms with E-state index < -0.39 is 0 Å². The van der Waals surface area contributed by atoms with Gasteiger partial charge in [0.1, 0.15) is 5.75 Å². The number of hydrogen-bond donors (Lipinski definition) is 1. The van der Waals surface area contributed by atoms with Gasteiger partial charge in [-0.25, -0.2) is 0 Å². The van der Waals surface area contributed by atoms with E-state index in [0.29, 0.717) is 0 Å². The number of hydrogen-bond acceptors (Lipinski definition) is 2. The van der Waals surface area contributed by atoms with E-state index >= 15 is 0 Å². The summed E-state index contributed by atoms with van der Waals surface area (Å²) < 4.78 is 5.39. The number of para-hydroxylation sites is 1. The summed E-state index contributed by atoms with van der Waals surface area (Å²) in [6.45, 7) is 4.02. The lowest BCUT2D eigenvalue weighted by atomic mass is 10.0. The molecule has 0 aromatic heterocycles. The van der Waals surface area contributed by atoms with Crippen LogP contribution in [-0.4, -0.2) is 13.7 Å². The molecule has 2 aromatic carbocycles. The van der Waals surface area contributed by atoms with Crippen molar-refractivity contribution < 1.29 is 4.74 Å². The van der Waals surface area contributed by atoms with E-state index in [2.05, 4.69) is 24.4 Å². The van der Waals surface area contributed by atoms with Crippen LogP contribution < -0.4 is 10.1 Å². The van der Waals surface area contributed by atoms with Gasteiger partial charge in [0.05, 0.1) is 7.11 Å². The maximum Gasteiger partial charge on any atom is 0.126 e. The largest absolute Gasteiger partial charge is 0.496 e. The molecule has 0 amide bonds. The molecule has 0 spiro atoms. The average molecular weight is 290 g/mol. The first-order valence-electron chi connectivity index (χ1n) is 6.88. The molecular weight excluding hydrogens is 270 g/mol. The molecule has 2 aromatic rings. The molecule has 106 valence electrons. The fraction of sp³-hybridized carbons (Fsp3) is 0.294. The van der Waals surface area contributed by atoms with Gasteiger partial charge >= 0.3 is 0 Å². The Kier molecular flexibility index (Phi) is 5.45. The van der Waals surface area contributed by atoms with Crippen molar-refractivity contribution in [1.29, 1.82) is 0 Å². The number of rotatable bonds is 6. The maximum absolute atomic E-state index is 6.42. The molecule has 0 aliphatic rings. The summed E-state index contributed by atoms with van der Waals surface area (Å²) in [5.41, 5.74) is 3.22. The molecule has 3 heteroatoms. The van der Waals surface area contributed by atoms with Gasteiger partial charge in [-0.05, 0) is 30.7 Å². The van der Waals surface area contributed by atoms with Crippen molar-refractivity contribution in [3.8, 4) is 16.9 Å². The van der Waals surface area contributed by atoms with Gasteiger partial charge in [-0.2, -0.15) is 0 Å². The zero-order valence-electron chi connectivity index (χ0n) is 11.9. The van der Waals surface area contributed by atoms with Crippen LogP contribution in [0.15, 0.2) is 42.5 Å².